The Kier molecular flexibility index (Phi) is 8.83. The van der Waals surface area contributed by atoms with Crippen molar-refractivity contribution in [1.29, 1.82) is 0 Å². The number of carboxylic acids is 1. The van der Waals surface area contributed by atoms with E-state index in [1.165, 1.54) is 12.1 Å². The van der Waals surface area contributed by atoms with Crippen LogP contribution in [-0.4, -0.2) is 29.2 Å². The molecule has 1 N–H and O–H groups in total. The van der Waals surface area contributed by atoms with Crippen molar-refractivity contribution in [3.05, 3.63) is 125 Å². The zero-order valence-corrected chi connectivity index (χ0v) is 25.3. The molecule has 0 radical (unpaired) electrons. The van der Waals surface area contributed by atoms with Crippen molar-refractivity contribution in [2.45, 2.75) is 45.3 Å². The number of hydrogen-bond donors (Lipinski definition) is 1. The molecule has 6 rings (SSSR count). The molecule has 0 spiro atoms. The largest absolute Gasteiger partial charge is 0.493 e. The minimum absolute atomic E-state index is 0.0182. The molecule has 0 aliphatic carbocycles. The van der Waals surface area contributed by atoms with E-state index in [0.29, 0.717) is 50.5 Å². The van der Waals surface area contributed by atoms with Gasteiger partial charge in [0.05, 0.1) is 17.9 Å². The third kappa shape index (κ3) is 6.93. The summed E-state index contributed by atoms with van der Waals surface area (Å²) in [6.07, 6.45) is -2.92. The first-order valence-corrected chi connectivity index (χ1v) is 15.2. The van der Waals surface area contributed by atoms with Crippen LogP contribution in [0.2, 0.25) is 0 Å². The highest BCUT2D eigenvalue weighted by Gasteiger charge is 2.30. The van der Waals surface area contributed by atoms with E-state index in [9.17, 15) is 23.1 Å². The van der Waals surface area contributed by atoms with Crippen LogP contribution in [-0.2, 0) is 36.8 Å². The highest BCUT2D eigenvalue weighted by atomic mass is 19.4. The Balaban J connectivity index is 1.15. The number of benzene rings is 4. The van der Waals surface area contributed by atoms with Crippen LogP contribution in [0.4, 0.5) is 18.9 Å². The van der Waals surface area contributed by atoms with Crippen molar-refractivity contribution in [3.63, 3.8) is 0 Å². The molecule has 9 heteroatoms. The molecule has 1 aromatic heterocycles. The predicted octanol–water partition coefficient (Wildman–Crippen LogP) is 8.54. The van der Waals surface area contributed by atoms with Crippen LogP contribution in [0.25, 0.3) is 22.6 Å². The van der Waals surface area contributed by atoms with E-state index in [1.807, 2.05) is 54.3 Å². The lowest BCUT2D eigenvalue weighted by molar-refractivity contribution is -0.138. The fourth-order valence-electron chi connectivity index (χ4n) is 5.88. The molecule has 0 atom stereocenters. The number of hydrogen-bond acceptors (Lipinski definition) is 5. The monoisotopic (exact) mass is 626 g/mol. The van der Waals surface area contributed by atoms with E-state index >= 15 is 0 Å². The lowest BCUT2D eigenvalue weighted by Gasteiger charge is -2.33. The quantitative estimate of drug-likeness (QED) is 0.168. The van der Waals surface area contributed by atoms with E-state index in [1.54, 1.807) is 0 Å². The molecule has 1 aliphatic rings. The number of anilines is 1. The maximum atomic E-state index is 13.1. The van der Waals surface area contributed by atoms with Gasteiger partial charge in [-0.2, -0.15) is 13.2 Å². The van der Waals surface area contributed by atoms with Gasteiger partial charge in [0, 0.05) is 42.7 Å². The van der Waals surface area contributed by atoms with Crippen molar-refractivity contribution >= 4 is 11.7 Å². The number of fused-ring (bicyclic) bond motifs is 1. The lowest BCUT2D eigenvalue weighted by atomic mass is 9.91. The number of aromatic nitrogens is 1. The van der Waals surface area contributed by atoms with Gasteiger partial charge in [-0.05, 0) is 84.5 Å². The number of aliphatic carboxylic acids is 1. The van der Waals surface area contributed by atoms with Crippen LogP contribution in [0.1, 0.15) is 40.1 Å². The van der Waals surface area contributed by atoms with Gasteiger partial charge < -0.3 is 19.2 Å². The molecule has 0 bridgehead atoms. The molecular weight excluding hydrogens is 593 g/mol. The van der Waals surface area contributed by atoms with Gasteiger partial charge in [-0.25, -0.2) is 4.98 Å². The SMILES string of the molecule is Cc1oc(-c2ccc(-c3ccccc3)cc2)nc1CCOc1ccc(CCC(=O)O)c2c1CCN(c1ccc(C(F)(F)F)cc1)C2. The Hall–Kier alpha value is -5.05. The first-order valence-electron chi connectivity index (χ1n) is 15.2. The molecule has 0 unspecified atom stereocenters. The van der Waals surface area contributed by atoms with Crippen molar-refractivity contribution < 1.29 is 32.2 Å². The van der Waals surface area contributed by atoms with Gasteiger partial charge in [-0.15, -0.1) is 0 Å². The second-order valence-electron chi connectivity index (χ2n) is 11.4. The number of carbonyl (C=O) groups is 1. The van der Waals surface area contributed by atoms with Crippen molar-refractivity contribution in [3.8, 4) is 28.3 Å². The first kappa shape index (κ1) is 31.0. The molecule has 0 fully saturated rings. The summed E-state index contributed by atoms with van der Waals surface area (Å²) in [6, 6.07) is 27.2. The molecule has 0 saturated carbocycles. The molecule has 236 valence electrons. The number of nitrogens with zero attached hydrogens (tertiary/aromatic N) is 2. The van der Waals surface area contributed by atoms with Gasteiger partial charge in [0.25, 0.3) is 0 Å². The van der Waals surface area contributed by atoms with Crippen LogP contribution in [0.3, 0.4) is 0 Å². The summed E-state index contributed by atoms with van der Waals surface area (Å²) in [5, 5.41) is 9.30. The summed E-state index contributed by atoms with van der Waals surface area (Å²) in [5.74, 6) is 1.11. The summed E-state index contributed by atoms with van der Waals surface area (Å²) in [5.41, 5.74) is 6.80. The summed E-state index contributed by atoms with van der Waals surface area (Å²) in [7, 11) is 0. The second-order valence-corrected chi connectivity index (χ2v) is 11.4. The molecule has 1 aliphatic heterocycles. The van der Waals surface area contributed by atoms with E-state index in [0.717, 1.165) is 62.7 Å². The van der Waals surface area contributed by atoms with Gasteiger partial charge in [0.2, 0.25) is 5.89 Å². The number of aryl methyl sites for hydroxylation is 2. The zero-order chi connectivity index (χ0) is 32.3. The van der Waals surface area contributed by atoms with E-state index < -0.39 is 17.7 Å². The third-order valence-electron chi connectivity index (χ3n) is 8.36. The number of oxazole rings is 1. The topological polar surface area (TPSA) is 75.8 Å². The lowest BCUT2D eigenvalue weighted by Crippen LogP contribution is -2.31. The highest BCUT2D eigenvalue weighted by Crippen LogP contribution is 2.36. The zero-order valence-electron chi connectivity index (χ0n) is 25.3. The minimum Gasteiger partial charge on any atom is -0.493 e. The number of rotatable bonds is 10. The molecule has 46 heavy (non-hydrogen) atoms. The summed E-state index contributed by atoms with van der Waals surface area (Å²) >= 11 is 0. The predicted molar refractivity (Wildman–Crippen MR) is 170 cm³/mol. The Morgan fingerprint density at radius 1 is 0.891 bits per heavy atom. The van der Waals surface area contributed by atoms with Crippen molar-refractivity contribution in [1.82, 2.24) is 4.98 Å². The third-order valence-corrected chi connectivity index (χ3v) is 8.36. The van der Waals surface area contributed by atoms with Crippen LogP contribution < -0.4 is 9.64 Å². The van der Waals surface area contributed by atoms with Crippen molar-refractivity contribution in [2.75, 3.05) is 18.1 Å². The molecule has 4 aromatic carbocycles. The van der Waals surface area contributed by atoms with Gasteiger partial charge in [0.1, 0.15) is 11.5 Å². The maximum absolute atomic E-state index is 13.1. The van der Waals surface area contributed by atoms with Gasteiger partial charge >= 0.3 is 12.1 Å². The van der Waals surface area contributed by atoms with Gasteiger partial charge in [-0.3, -0.25) is 4.79 Å². The molecule has 0 amide bonds. The normalized spacial score (nSPS) is 13.0. The van der Waals surface area contributed by atoms with Crippen LogP contribution in [0.15, 0.2) is 95.4 Å². The summed E-state index contributed by atoms with van der Waals surface area (Å²) in [6.45, 7) is 3.29. The summed E-state index contributed by atoms with van der Waals surface area (Å²) < 4.78 is 51.6. The van der Waals surface area contributed by atoms with Gasteiger partial charge in [-0.1, -0.05) is 48.5 Å². The molecule has 2 heterocycles. The van der Waals surface area contributed by atoms with E-state index in [2.05, 4.69) is 24.3 Å². The van der Waals surface area contributed by atoms with Crippen LogP contribution >= 0.6 is 0 Å². The number of ether oxygens (including phenoxy) is 1. The molecular formula is C37H33F3N2O4. The second kappa shape index (κ2) is 13.1. The minimum atomic E-state index is -4.40. The number of alkyl halides is 3. The van der Waals surface area contributed by atoms with Gasteiger partial charge in [0.15, 0.2) is 0 Å². The average molecular weight is 627 g/mol. The van der Waals surface area contributed by atoms with Crippen molar-refractivity contribution in [2.24, 2.45) is 0 Å². The molecule has 0 saturated heterocycles. The maximum Gasteiger partial charge on any atom is 0.416 e. The van der Waals surface area contributed by atoms with Crippen LogP contribution in [0, 0.1) is 6.92 Å². The highest BCUT2D eigenvalue weighted by molar-refractivity contribution is 5.68. The Bertz CT molecular complexity index is 1820. The molecule has 5 aromatic rings. The van der Waals surface area contributed by atoms with Crippen LogP contribution in [0.5, 0.6) is 5.75 Å². The molecule has 6 nitrogen and oxygen atoms in total. The Morgan fingerprint density at radius 2 is 1.59 bits per heavy atom. The summed E-state index contributed by atoms with van der Waals surface area (Å²) in [4.78, 5) is 18.1. The van der Waals surface area contributed by atoms with E-state index in [4.69, 9.17) is 14.1 Å². The number of carboxylic acid groups (broad SMARTS) is 1. The van der Waals surface area contributed by atoms with E-state index in [-0.39, 0.29) is 6.42 Å². The first-order chi connectivity index (χ1) is 22.2. The average Bonchev–Trinajstić information content (AvgIpc) is 3.44. The Labute approximate surface area is 265 Å². The fourth-order valence-corrected chi connectivity index (χ4v) is 5.88. The smallest absolute Gasteiger partial charge is 0.416 e. The standard InChI is InChI=1S/C37H33F3N2O4/c1-24-33(41-36(46-24)28-9-7-26(8-10-28)25-5-3-2-4-6-25)20-22-45-34-17-11-27(12-18-35(43)44)32-23-42(21-19-31(32)34)30-15-13-29(14-16-30)37(38,39)40/h2-11,13-17H,12,18-23H2,1H3,(H,43,44). The Morgan fingerprint density at radius 3 is 2.28 bits per heavy atom. The number of halogens is 3. The fraction of sp³-hybridized carbons (Fsp3) is 0.243.